The highest BCUT2D eigenvalue weighted by Crippen LogP contribution is 2.31. The van der Waals surface area contributed by atoms with Crippen LogP contribution in [-0.4, -0.2) is 17.4 Å². The van der Waals surface area contributed by atoms with E-state index in [4.69, 9.17) is 11.6 Å². The fourth-order valence-electron chi connectivity index (χ4n) is 1.66. The maximum atomic E-state index is 11.8. The van der Waals surface area contributed by atoms with Gasteiger partial charge in [-0.2, -0.15) is 0 Å². The lowest BCUT2D eigenvalue weighted by Gasteiger charge is -2.05. The van der Waals surface area contributed by atoms with Crippen LogP contribution in [0.5, 0.6) is 0 Å². The van der Waals surface area contributed by atoms with Crippen molar-refractivity contribution in [3.05, 3.63) is 28.5 Å². The summed E-state index contributed by atoms with van der Waals surface area (Å²) in [5, 5.41) is 3.27. The predicted molar refractivity (Wildman–Crippen MR) is 63.7 cm³/mol. The van der Waals surface area contributed by atoms with E-state index < -0.39 is 0 Å². The number of hydrogen-bond donors (Lipinski definition) is 1. The molecule has 3 nitrogen and oxygen atoms in total. The Hall–Kier alpha value is -1.09. The number of aryl methyl sites for hydroxylation is 1. The first-order chi connectivity index (χ1) is 7.65. The molecule has 1 aliphatic carbocycles. The average molecular weight is 239 g/mol. The van der Waals surface area contributed by atoms with Gasteiger partial charge in [-0.3, -0.25) is 4.79 Å². The van der Waals surface area contributed by atoms with Crippen LogP contribution in [0.15, 0.2) is 12.1 Å². The molecule has 16 heavy (non-hydrogen) atoms. The second-order valence-electron chi connectivity index (χ2n) is 4.31. The van der Waals surface area contributed by atoms with E-state index in [1.54, 1.807) is 12.1 Å². The smallest absolute Gasteiger partial charge is 0.251 e. The predicted octanol–water partition coefficient (Wildman–Crippen LogP) is 2.57. The number of nitrogens with zero attached hydrogens (tertiary/aromatic N) is 1. The summed E-state index contributed by atoms with van der Waals surface area (Å²) >= 11 is 5.80. The van der Waals surface area contributed by atoms with Crippen molar-refractivity contribution in [2.45, 2.75) is 26.2 Å². The van der Waals surface area contributed by atoms with Crippen molar-refractivity contribution in [2.75, 3.05) is 6.54 Å². The molecule has 1 aromatic heterocycles. The first-order valence-corrected chi connectivity index (χ1v) is 5.95. The largest absolute Gasteiger partial charge is 0.352 e. The molecule has 0 aliphatic heterocycles. The maximum absolute atomic E-state index is 11.8. The molecule has 2 rings (SSSR count). The minimum atomic E-state index is -0.0620. The van der Waals surface area contributed by atoms with Crippen molar-refractivity contribution in [2.24, 2.45) is 5.92 Å². The molecule has 1 aliphatic rings. The van der Waals surface area contributed by atoms with E-state index in [-0.39, 0.29) is 5.91 Å². The van der Waals surface area contributed by atoms with Crippen molar-refractivity contribution in [1.29, 1.82) is 0 Å². The molecule has 0 unspecified atom stereocenters. The van der Waals surface area contributed by atoms with Gasteiger partial charge in [0.1, 0.15) is 5.15 Å². The zero-order valence-electron chi connectivity index (χ0n) is 9.29. The molecule has 1 fully saturated rings. The molecule has 0 bridgehead atoms. The molecule has 0 radical (unpaired) electrons. The molecular formula is C12H15ClN2O. The number of carbonyl (C=O) groups is 1. The monoisotopic (exact) mass is 238 g/mol. The topological polar surface area (TPSA) is 42.0 Å². The Bertz CT molecular complexity index is 382. The summed E-state index contributed by atoms with van der Waals surface area (Å²) in [4.78, 5) is 15.8. The van der Waals surface area contributed by atoms with Crippen molar-refractivity contribution in [3.8, 4) is 0 Å². The van der Waals surface area contributed by atoms with Crippen molar-refractivity contribution in [1.82, 2.24) is 10.3 Å². The molecule has 1 amide bonds. The molecular weight excluding hydrogens is 224 g/mol. The fraction of sp³-hybridized carbons (Fsp3) is 0.500. The summed E-state index contributed by atoms with van der Waals surface area (Å²) < 4.78 is 0. The maximum Gasteiger partial charge on any atom is 0.251 e. The van der Waals surface area contributed by atoms with Crippen molar-refractivity contribution < 1.29 is 4.79 Å². The minimum Gasteiger partial charge on any atom is -0.352 e. The fourth-order valence-corrected chi connectivity index (χ4v) is 1.91. The van der Waals surface area contributed by atoms with Crippen molar-refractivity contribution in [3.63, 3.8) is 0 Å². The standard InChI is InChI=1S/C12H15ClN2O/c1-8-6-10(7-11(13)15-8)12(16)14-5-4-9-2-3-9/h6-7,9H,2-5H2,1H3,(H,14,16). The first kappa shape index (κ1) is 11.4. The third kappa shape index (κ3) is 3.20. The summed E-state index contributed by atoms with van der Waals surface area (Å²) in [5.74, 6) is 0.774. The van der Waals surface area contributed by atoms with E-state index in [1.807, 2.05) is 6.92 Å². The highest BCUT2D eigenvalue weighted by molar-refractivity contribution is 6.29. The summed E-state index contributed by atoms with van der Waals surface area (Å²) in [5.41, 5.74) is 1.35. The Morgan fingerprint density at radius 1 is 1.56 bits per heavy atom. The molecule has 0 saturated heterocycles. The summed E-state index contributed by atoms with van der Waals surface area (Å²) in [6.45, 7) is 2.58. The molecule has 0 aromatic carbocycles. The lowest BCUT2D eigenvalue weighted by molar-refractivity contribution is 0.0952. The number of nitrogens with one attached hydrogen (secondary N) is 1. The second-order valence-corrected chi connectivity index (χ2v) is 4.70. The van der Waals surface area contributed by atoms with E-state index in [0.717, 1.165) is 24.6 Å². The van der Waals surface area contributed by atoms with E-state index in [1.165, 1.54) is 12.8 Å². The van der Waals surface area contributed by atoms with Crippen LogP contribution in [-0.2, 0) is 0 Å². The Morgan fingerprint density at radius 2 is 2.31 bits per heavy atom. The SMILES string of the molecule is Cc1cc(C(=O)NCCC2CC2)cc(Cl)n1. The van der Waals surface area contributed by atoms with Gasteiger partial charge in [-0.05, 0) is 31.4 Å². The number of halogens is 1. The zero-order chi connectivity index (χ0) is 11.5. The first-order valence-electron chi connectivity index (χ1n) is 5.57. The average Bonchev–Trinajstić information content (AvgIpc) is 3.00. The number of hydrogen-bond acceptors (Lipinski definition) is 2. The van der Waals surface area contributed by atoms with Gasteiger partial charge >= 0.3 is 0 Å². The Labute approximate surface area is 100 Å². The molecule has 86 valence electrons. The van der Waals surface area contributed by atoms with E-state index in [2.05, 4.69) is 10.3 Å². The minimum absolute atomic E-state index is 0.0620. The third-order valence-corrected chi connectivity index (χ3v) is 2.91. The van der Waals surface area contributed by atoms with Gasteiger partial charge in [0.05, 0.1) is 0 Å². The van der Waals surface area contributed by atoms with Crippen LogP contribution in [0, 0.1) is 12.8 Å². The Balaban J connectivity index is 1.91. The van der Waals surface area contributed by atoms with Crippen LogP contribution in [0.2, 0.25) is 5.15 Å². The summed E-state index contributed by atoms with van der Waals surface area (Å²) in [6, 6.07) is 3.35. The van der Waals surface area contributed by atoms with Gasteiger partial charge in [0, 0.05) is 17.8 Å². The molecule has 1 saturated carbocycles. The molecule has 1 N–H and O–H groups in total. The van der Waals surface area contributed by atoms with Gasteiger partial charge in [0.15, 0.2) is 0 Å². The number of rotatable bonds is 4. The quantitative estimate of drug-likeness (QED) is 0.820. The van der Waals surface area contributed by atoms with Crippen LogP contribution in [0.25, 0.3) is 0 Å². The van der Waals surface area contributed by atoms with E-state index >= 15 is 0 Å². The Kier molecular flexibility index (Phi) is 3.44. The van der Waals surface area contributed by atoms with Crippen LogP contribution in [0.1, 0.15) is 35.3 Å². The highest BCUT2D eigenvalue weighted by atomic mass is 35.5. The molecule has 0 spiro atoms. The highest BCUT2D eigenvalue weighted by Gasteiger charge is 2.20. The van der Waals surface area contributed by atoms with Gasteiger partial charge in [-0.1, -0.05) is 24.4 Å². The summed E-state index contributed by atoms with van der Waals surface area (Å²) in [6.07, 6.45) is 3.72. The van der Waals surface area contributed by atoms with Gasteiger partial charge in [-0.15, -0.1) is 0 Å². The number of aromatic nitrogens is 1. The van der Waals surface area contributed by atoms with Crippen molar-refractivity contribution >= 4 is 17.5 Å². The van der Waals surface area contributed by atoms with Gasteiger partial charge in [0.25, 0.3) is 5.91 Å². The van der Waals surface area contributed by atoms with Crippen LogP contribution >= 0.6 is 11.6 Å². The molecule has 1 heterocycles. The van der Waals surface area contributed by atoms with E-state index in [0.29, 0.717) is 10.7 Å². The van der Waals surface area contributed by atoms with Gasteiger partial charge < -0.3 is 5.32 Å². The van der Waals surface area contributed by atoms with E-state index in [9.17, 15) is 4.79 Å². The lowest BCUT2D eigenvalue weighted by atomic mass is 10.2. The van der Waals surface area contributed by atoms with Gasteiger partial charge in [0.2, 0.25) is 0 Å². The van der Waals surface area contributed by atoms with Gasteiger partial charge in [-0.25, -0.2) is 4.98 Å². The number of carbonyl (C=O) groups excluding carboxylic acids is 1. The number of amides is 1. The second kappa shape index (κ2) is 4.83. The number of pyridine rings is 1. The van der Waals surface area contributed by atoms with Crippen LogP contribution < -0.4 is 5.32 Å². The summed E-state index contributed by atoms with van der Waals surface area (Å²) in [7, 11) is 0. The third-order valence-electron chi connectivity index (χ3n) is 2.72. The molecule has 0 atom stereocenters. The molecule has 4 heteroatoms. The Morgan fingerprint density at radius 3 is 2.94 bits per heavy atom. The zero-order valence-corrected chi connectivity index (χ0v) is 10.0. The van der Waals surface area contributed by atoms with Crippen LogP contribution in [0.4, 0.5) is 0 Å². The lowest BCUT2D eigenvalue weighted by Crippen LogP contribution is -2.24. The molecule has 1 aromatic rings. The normalized spacial score (nSPS) is 14.9. The van der Waals surface area contributed by atoms with Crippen LogP contribution in [0.3, 0.4) is 0 Å².